The number of carboxylic acid groups (broad SMARTS) is 1. The number of aromatic amines is 1. The van der Waals surface area contributed by atoms with Crippen molar-refractivity contribution in [1.82, 2.24) is 9.78 Å². The number of esters is 1. The molecule has 8 heteroatoms. The lowest BCUT2D eigenvalue weighted by atomic mass is 10.2. The second-order valence-corrected chi connectivity index (χ2v) is 5.95. The summed E-state index contributed by atoms with van der Waals surface area (Å²) in [5.41, 5.74) is 1.06. The number of methoxy groups -OCH3 is 1. The first-order valence-electron chi connectivity index (χ1n) is 8.29. The standard InChI is InChI=1S/C20H17N3O5/c1-12-7-9-13(10-8-12)23-18(24)15(17(22-23)20(27)28-2)11-21-16-6-4-3-5-14(16)19(25)26/h3-11,22H,1-2H3,(H,25,26). The lowest BCUT2D eigenvalue weighted by molar-refractivity contribution is 0.0592. The van der Waals surface area contributed by atoms with Gasteiger partial charge in [0, 0.05) is 6.21 Å². The van der Waals surface area contributed by atoms with Crippen LogP contribution in [0.1, 0.15) is 32.0 Å². The number of hydrogen-bond donors (Lipinski definition) is 2. The maximum atomic E-state index is 12.9. The Hall–Kier alpha value is -3.94. The van der Waals surface area contributed by atoms with Gasteiger partial charge < -0.3 is 9.84 Å². The van der Waals surface area contributed by atoms with E-state index < -0.39 is 17.5 Å². The Kier molecular flexibility index (Phi) is 5.21. The quantitative estimate of drug-likeness (QED) is 0.523. The summed E-state index contributed by atoms with van der Waals surface area (Å²) in [6, 6.07) is 13.2. The minimum atomic E-state index is -1.15. The minimum Gasteiger partial charge on any atom is -0.478 e. The number of carbonyl (C=O) groups excluding carboxylic acids is 1. The van der Waals surface area contributed by atoms with Gasteiger partial charge in [0.2, 0.25) is 0 Å². The number of aliphatic imine (C=N–C) groups is 1. The highest BCUT2D eigenvalue weighted by Crippen LogP contribution is 2.19. The Balaban J connectivity index is 2.12. The Morgan fingerprint density at radius 3 is 2.46 bits per heavy atom. The van der Waals surface area contributed by atoms with Gasteiger partial charge in [-0.15, -0.1) is 0 Å². The van der Waals surface area contributed by atoms with Crippen LogP contribution in [0.2, 0.25) is 0 Å². The molecule has 142 valence electrons. The van der Waals surface area contributed by atoms with Crippen LogP contribution in [0.5, 0.6) is 0 Å². The van der Waals surface area contributed by atoms with Crippen molar-refractivity contribution >= 4 is 23.8 Å². The highest BCUT2D eigenvalue weighted by molar-refractivity contribution is 5.99. The monoisotopic (exact) mass is 379 g/mol. The van der Waals surface area contributed by atoms with E-state index in [9.17, 15) is 19.5 Å². The summed E-state index contributed by atoms with van der Waals surface area (Å²) in [5, 5.41) is 12.0. The summed E-state index contributed by atoms with van der Waals surface area (Å²) < 4.78 is 5.94. The predicted octanol–water partition coefficient (Wildman–Crippen LogP) is 2.71. The van der Waals surface area contributed by atoms with Gasteiger partial charge in [0.15, 0.2) is 5.69 Å². The number of nitrogens with zero attached hydrogens (tertiary/aromatic N) is 2. The predicted molar refractivity (Wildman–Crippen MR) is 103 cm³/mol. The normalized spacial score (nSPS) is 10.9. The average molecular weight is 379 g/mol. The van der Waals surface area contributed by atoms with Gasteiger partial charge in [-0.2, -0.15) is 0 Å². The second kappa shape index (κ2) is 7.75. The summed E-state index contributed by atoms with van der Waals surface area (Å²) in [5.74, 6) is -1.89. The van der Waals surface area contributed by atoms with Crippen molar-refractivity contribution in [3.8, 4) is 5.69 Å². The molecule has 0 fully saturated rings. The van der Waals surface area contributed by atoms with E-state index in [1.54, 1.807) is 24.3 Å². The molecule has 1 heterocycles. The Morgan fingerprint density at radius 1 is 1.14 bits per heavy atom. The van der Waals surface area contributed by atoms with Gasteiger partial charge in [-0.3, -0.25) is 14.9 Å². The summed E-state index contributed by atoms with van der Waals surface area (Å²) in [7, 11) is 1.20. The zero-order valence-electron chi connectivity index (χ0n) is 15.2. The minimum absolute atomic E-state index is 0.0206. The molecule has 0 atom stereocenters. The van der Waals surface area contributed by atoms with E-state index in [0.717, 1.165) is 11.8 Å². The molecule has 0 amide bonds. The molecule has 0 saturated carbocycles. The first-order chi connectivity index (χ1) is 13.4. The summed E-state index contributed by atoms with van der Waals surface area (Å²) in [6.07, 6.45) is 1.16. The van der Waals surface area contributed by atoms with Gasteiger partial charge in [-0.05, 0) is 31.2 Å². The van der Waals surface area contributed by atoms with Gasteiger partial charge >= 0.3 is 11.9 Å². The number of aromatic nitrogens is 2. The van der Waals surface area contributed by atoms with Crippen LogP contribution in [0, 0.1) is 6.92 Å². The smallest absolute Gasteiger partial charge is 0.356 e. The lowest BCUT2D eigenvalue weighted by Crippen LogP contribution is -2.17. The number of aromatic carboxylic acids is 1. The third kappa shape index (κ3) is 3.61. The van der Waals surface area contributed by atoms with Crippen LogP contribution in [-0.2, 0) is 4.74 Å². The van der Waals surface area contributed by atoms with E-state index in [1.807, 2.05) is 19.1 Å². The van der Waals surface area contributed by atoms with Crippen molar-refractivity contribution in [2.75, 3.05) is 7.11 Å². The number of para-hydroxylation sites is 1. The summed E-state index contributed by atoms with van der Waals surface area (Å²) in [4.78, 5) is 40.4. The van der Waals surface area contributed by atoms with Crippen molar-refractivity contribution < 1.29 is 19.4 Å². The number of H-pyrrole nitrogens is 1. The zero-order valence-corrected chi connectivity index (χ0v) is 15.2. The maximum Gasteiger partial charge on any atom is 0.356 e. The van der Waals surface area contributed by atoms with Crippen molar-refractivity contribution in [3.63, 3.8) is 0 Å². The molecule has 1 aromatic heterocycles. The molecule has 0 bridgehead atoms. The second-order valence-electron chi connectivity index (χ2n) is 5.95. The Labute approximate surface area is 159 Å². The van der Waals surface area contributed by atoms with Crippen molar-refractivity contribution in [3.05, 3.63) is 81.3 Å². The number of nitrogens with one attached hydrogen (secondary N) is 1. The Morgan fingerprint density at radius 2 is 1.82 bits per heavy atom. The van der Waals surface area contributed by atoms with E-state index in [1.165, 1.54) is 23.9 Å². The van der Waals surface area contributed by atoms with Crippen LogP contribution >= 0.6 is 0 Å². The van der Waals surface area contributed by atoms with E-state index in [0.29, 0.717) is 5.69 Å². The molecule has 0 radical (unpaired) electrons. The molecule has 0 aliphatic carbocycles. The first kappa shape index (κ1) is 18.8. The molecule has 2 N–H and O–H groups in total. The van der Waals surface area contributed by atoms with Gasteiger partial charge in [0.25, 0.3) is 5.56 Å². The highest BCUT2D eigenvalue weighted by atomic mass is 16.5. The van der Waals surface area contributed by atoms with Crippen LogP contribution in [-0.4, -0.2) is 40.2 Å². The molecule has 0 aliphatic heterocycles. The number of carboxylic acids is 1. The molecule has 0 saturated heterocycles. The molecule has 0 spiro atoms. The van der Waals surface area contributed by atoms with Crippen molar-refractivity contribution in [2.45, 2.75) is 6.92 Å². The first-order valence-corrected chi connectivity index (χ1v) is 8.29. The molecule has 3 aromatic rings. The van der Waals surface area contributed by atoms with E-state index in [4.69, 9.17) is 4.74 Å². The fourth-order valence-electron chi connectivity index (χ4n) is 2.60. The number of aryl methyl sites for hydroxylation is 1. The fraction of sp³-hybridized carbons (Fsp3) is 0.100. The summed E-state index contributed by atoms with van der Waals surface area (Å²) >= 11 is 0. The highest BCUT2D eigenvalue weighted by Gasteiger charge is 2.20. The molecular formula is C20H17N3O5. The topological polar surface area (TPSA) is 114 Å². The SMILES string of the molecule is COC(=O)c1[nH]n(-c2ccc(C)cc2)c(=O)c1C=Nc1ccccc1C(=O)O. The molecule has 8 nitrogen and oxygen atoms in total. The fourth-order valence-corrected chi connectivity index (χ4v) is 2.60. The summed E-state index contributed by atoms with van der Waals surface area (Å²) in [6.45, 7) is 1.92. The largest absolute Gasteiger partial charge is 0.478 e. The van der Waals surface area contributed by atoms with Crippen LogP contribution in [0.3, 0.4) is 0 Å². The van der Waals surface area contributed by atoms with Crippen molar-refractivity contribution in [1.29, 1.82) is 0 Å². The molecule has 2 aromatic carbocycles. The van der Waals surface area contributed by atoms with Gasteiger partial charge in [-0.1, -0.05) is 29.8 Å². The maximum absolute atomic E-state index is 12.9. The zero-order chi connectivity index (χ0) is 20.3. The van der Waals surface area contributed by atoms with E-state index in [-0.39, 0.29) is 22.5 Å². The molecular weight excluding hydrogens is 362 g/mol. The number of carbonyl (C=O) groups is 2. The number of hydrogen-bond acceptors (Lipinski definition) is 5. The Bertz CT molecular complexity index is 1120. The lowest BCUT2D eigenvalue weighted by Gasteiger charge is -2.01. The van der Waals surface area contributed by atoms with Gasteiger partial charge in [0.1, 0.15) is 0 Å². The molecule has 3 rings (SSSR count). The van der Waals surface area contributed by atoms with Gasteiger partial charge in [0.05, 0.1) is 29.6 Å². The van der Waals surface area contributed by atoms with Crippen LogP contribution < -0.4 is 5.56 Å². The molecule has 28 heavy (non-hydrogen) atoms. The average Bonchev–Trinajstić information content (AvgIpc) is 3.03. The number of ether oxygens (including phenoxy) is 1. The molecule has 0 aliphatic rings. The van der Waals surface area contributed by atoms with Crippen LogP contribution in [0.25, 0.3) is 5.69 Å². The third-order valence-corrected chi connectivity index (χ3v) is 4.08. The van der Waals surface area contributed by atoms with E-state index in [2.05, 4.69) is 10.1 Å². The van der Waals surface area contributed by atoms with Crippen LogP contribution in [0.4, 0.5) is 5.69 Å². The number of benzene rings is 2. The third-order valence-electron chi connectivity index (χ3n) is 4.08. The molecule has 0 unspecified atom stereocenters. The van der Waals surface area contributed by atoms with E-state index >= 15 is 0 Å². The van der Waals surface area contributed by atoms with Crippen molar-refractivity contribution in [2.24, 2.45) is 4.99 Å². The van der Waals surface area contributed by atoms with Gasteiger partial charge in [-0.25, -0.2) is 14.3 Å². The van der Waals surface area contributed by atoms with Crippen LogP contribution in [0.15, 0.2) is 58.3 Å². The number of rotatable bonds is 5.